The molecular formula is C23H23N5O. The third kappa shape index (κ3) is 6.25. The summed E-state index contributed by atoms with van der Waals surface area (Å²) in [6, 6.07) is 24.8. The summed E-state index contributed by atoms with van der Waals surface area (Å²) in [5.74, 6) is 0.964. The highest BCUT2D eigenvalue weighted by molar-refractivity contribution is 6.01. The average Bonchev–Trinajstić information content (AvgIpc) is 2.74. The van der Waals surface area contributed by atoms with Gasteiger partial charge in [-0.25, -0.2) is 4.99 Å². The first-order valence-corrected chi connectivity index (χ1v) is 9.07. The molecule has 0 unspecified atom stereocenters. The van der Waals surface area contributed by atoms with E-state index in [1.807, 2.05) is 72.8 Å². The summed E-state index contributed by atoms with van der Waals surface area (Å²) in [5.41, 5.74) is 15.3. The van der Waals surface area contributed by atoms with Gasteiger partial charge >= 0.3 is 0 Å². The van der Waals surface area contributed by atoms with Crippen molar-refractivity contribution in [3.8, 4) is 5.75 Å². The normalized spacial score (nSPS) is 11.7. The molecule has 0 amide bonds. The van der Waals surface area contributed by atoms with Crippen LogP contribution in [0.5, 0.6) is 5.75 Å². The quantitative estimate of drug-likeness (QED) is 0.436. The van der Waals surface area contributed by atoms with Crippen LogP contribution in [0.3, 0.4) is 0 Å². The largest absolute Gasteiger partial charge is 0.489 e. The molecule has 6 nitrogen and oxygen atoms in total. The third-order valence-electron chi connectivity index (χ3n) is 3.98. The minimum absolute atomic E-state index is 0.0573. The highest BCUT2D eigenvalue weighted by Gasteiger charge is 1.99. The van der Waals surface area contributed by atoms with Gasteiger partial charge in [0.25, 0.3) is 0 Å². The second-order valence-corrected chi connectivity index (χ2v) is 6.19. The molecule has 0 saturated heterocycles. The molecule has 5 N–H and O–H groups in total. The Hall–Kier alpha value is -4.06. The number of benzene rings is 3. The van der Waals surface area contributed by atoms with Gasteiger partial charge in [0, 0.05) is 5.69 Å². The molecule has 0 radical (unpaired) electrons. The highest BCUT2D eigenvalue weighted by Crippen LogP contribution is 2.19. The van der Waals surface area contributed by atoms with E-state index >= 15 is 0 Å². The van der Waals surface area contributed by atoms with E-state index in [2.05, 4.69) is 21.9 Å². The fraction of sp³-hybridized carbons (Fsp3) is 0.0435. The van der Waals surface area contributed by atoms with E-state index < -0.39 is 0 Å². The van der Waals surface area contributed by atoms with Gasteiger partial charge < -0.3 is 21.5 Å². The van der Waals surface area contributed by atoms with Gasteiger partial charge in [0.15, 0.2) is 0 Å². The molecule has 0 spiro atoms. The molecule has 6 heteroatoms. The second-order valence-electron chi connectivity index (χ2n) is 6.19. The number of rotatable bonds is 6. The molecule has 0 aliphatic rings. The van der Waals surface area contributed by atoms with Crippen molar-refractivity contribution in [1.29, 1.82) is 0 Å². The molecule has 0 fully saturated rings. The van der Waals surface area contributed by atoms with Crippen LogP contribution in [0.1, 0.15) is 11.1 Å². The van der Waals surface area contributed by atoms with Crippen molar-refractivity contribution in [3.63, 3.8) is 0 Å². The SMILES string of the molecule is C=Cc1ccc(COc2ccc(N=C(N)/N=C(\N)Nc3ccccc3)cc2)cc1. The van der Waals surface area contributed by atoms with Crippen LogP contribution < -0.4 is 21.5 Å². The molecule has 0 aliphatic carbocycles. The van der Waals surface area contributed by atoms with E-state index in [0.29, 0.717) is 12.3 Å². The number of nitrogens with zero attached hydrogens (tertiary/aromatic N) is 2. The van der Waals surface area contributed by atoms with E-state index in [0.717, 1.165) is 22.6 Å². The topological polar surface area (TPSA) is 98.0 Å². The number of para-hydroxylation sites is 1. The lowest BCUT2D eigenvalue weighted by Gasteiger charge is -2.07. The maximum absolute atomic E-state index is 5.86. The number of nitrogens with two attached hydrogens (primary N) is 2. The lowest BCUT2D eigenvalue weighted by Crippen LogP contribution is -2.25. The van der Waals surface area contributed by atoms with Crippen molar-refractivity contribution in [2.75, 3.05) is 5.32 Å². The number of hydrogen-bond donors (Lipinski definition) is 3. The van der Waals surface area contributed by atoms with Crippen LogP contribution in [-0.4, -0.2) is 11.9 Å². The summed E-state index contributed by atoms with van der Waals surface area (Å²) in [4.78, 5) is 8.29. The Morgan fingerprint density at radius 3 is 2.28 bits per heavy atom. The minimum atomic E-state index is 0.0573. The number of nitrogens with one attached hydrogen (secondary N) is 1. The Balaban J connectivity index is 1.57. The number of guanidine groups is 2. The molecular weight excluding hydrogens is 362 g/mol. The zero-order valence-electron chi connectivity index (χ0n) is 16.0. The van der Waals surface area contributed by atoms with Crippen molar-refractivity contribution in [1.82, 2.24) is 0 Å². The van der Waals surface area contributed by atoms with Crippen molar-refractivity contribution in [2.24, 2.45) is 21.5 Å². The average molecular weight is 385 g/mol. The maximum atomic E-state index is 5.86. The first-order valence-electron chi connectivity index (χ1n) is 9.07. The lowest BCUT2D eigenvalue weighted by atomic mass is 10.1. The van der Waals surface area contributed by atoms with Gasteiger partial charge in [-0.15, -0.1) is 0 Å². The van der Waals surface area contributed by atoms with Crippen molar-refractivity contribution in [3.05, 3.63) is 96.6 Å². The van der Waals surface area contributed by atoms with E-state index in [1.165, 1.54) is 0 Å². The molecule has 29 heavy (non-hydrogen) atoms. The predicted octanol–water partition coefficient (Wildman–Crippen LogP) is 4.28. The van der Waals surface area contributed by atoms with Gasteiger partial charge in [-0.05, 0) is 47.5 Å². The van der Waals surface area contributed by atoms with E-state index in [4.69, 9.17) is 16.2 Å². The summed E-state index contributed by atoms with van der Waals surface area (Å²) in [6.07, 6.45) is 1.81. The molecule has 3 aromatic carbocycles. The van der Waals surface area contributed by atoms with Crippen molar-refractivity contribution < 1.29 is 4.74 Å². The molecule has 0 aliphatic heterocycles. The smallest absolute Gasteiger partial charge is 0.223 e. The number of hydrogen-bond acceptors (Lipinski definition) is 2. The molecule has 3 aromatic rings. The molecule has 146 valence electrons. The molecule has 0 bridgehead atoms. The van der Waals surface area contributed by atoms with Gasteiger partial charge in [0.2, 0.25) is 11.9 Å². The fourth-order valence-electron chi connectivity index (χ4n) is 2.51. The first-order chi connectivity index (χ1) is 14.1. The molecule has 0 atom stereocenters. The van der Waals surface area contributed by atoms with Gasteiger partial charge in [-0.3, -0.25) is 0 Å². The Morgan fingerprint density at radius 1 is 0.931 bits per heavy atom. The van der Waals surface area contributed by atoms with E-state index in [1.54, 1.807) is 12.1 Å². The predicted molar refractivity (Wildman–Crippen MR) is 120 cm³/mol. The lowest BCUT2D eigenvalue weighted by molar-refractivity contribution is 0.306. The monoisotopic (exact) mass is 385 g/mol. The van der Waals surface area contributed by atoms with Crippen LogP contribution in [0.2, 0.25) is 0 Å². The van der Waals surface area contributed by atoms with E-state index in [9.17, 15) is 0 Å². The van der Waals surface area contributed by atoms with Gasteiger partial charge in [0.05, 0.1) is 5.69 Å². The third-order valence-corrected chi connectivity index (χ3v) is 3.98. The Labute approximate surface area is 170 Å². The first kappa shape index (κ1) is 19.7. The number of ether oxygens (including phenoxy) is 1. The zero-order valence-corrected chi connectivity index (χ0v) is 16.0. The summed E-state index contributed by atoms with van der Waals surface area (Å²) < 4.78 is 5.79. The van der Waals surface area contributed by atoms with Gasteiger partial charge in [-0.1, -0.05) is 55.1 Å². The zero-order chi connectivity index (χ0) is 20.5. The summed E-state index contributed by atoms with van der Waals surface area (Å²) in [5, 5.41) is 2.95. The number of anilines is 1. The Morgan fingerprint density at radius 2 is 1.62 bits per heavy atom. The highest BCUT2D eigenvalue weighted by atomic mass is 16.5. The van der Waals surface area contributed by atoms with Crippen molar-refractivity contribution >= 4 is 29.4 Å². The second kappa shape index (κ2) is 9.75. The van der Waals surface area contributed by atoms with Gasteiger partial charge in [0.1, 0.15) is 12.4 Å². The van der Waals surface area contributed by atoms with E-state index in [-0.39, 0.29) is 11.9 Å². The molecule has 0 aromatic heterocycles. The Kier molecular flexibility index (Phi) is 6.62. The summed E-state index contributed by atoms with van der Waals surface area (Å²) in [7, 11) is 0. The molecule has 3 rings (SSSR count). The molecule has 0 heterocycles. The van der Waals surface area contributed by atoms with Crippen LogP contribution in [-0.2, 0) is 6.61 Å². The van der Waals surface area contributed by atoms with Crippen LogP contribution in [0, 0.1) is 0 Å². The van der Waals surface area contributed by atoms with Crippen LogP contribution in [0.4, 0.5) is 11.4 Å². The van der Waals surface area contributed by atoms with Crippen molar-refractivity contribution in [2.45, 2.75) is 6.61 Å². The molecule has 0 saturated carbocycles. The minimum Gasteiger partial charge on any atom is -0.489 e. The summed E-state index contributed by atoms with van der Waals surface area (Å²) >= 11 is 0. The van der Waals surface area contributed by atoms with Crippen LogP contribution in [0.25, 0.3) is 6.08 Å². The Bertz CT molecular complexity index is 994. The van der Waals surface area contributed by atoms with Gasteiger partial charge in [-0.2, -0.15) is 4.99 Å². The van der Waals surface area contributed by atoms with Crippen LogP contribution >= 0.6 is 0 Å². The standard InChI is InChI=1S/C23H23N5O/c1-2-17-8-10-18(11-9-17)16-29-21-14-12-20(13-15-21)27-23(25)28-22(24)26-19-6-4-3-5-7-19/h2-15H,1,16H2,(H5,24,25,26,27,28). The number of aliphatic imine (C=N–C) groups is 2. The fourth-order valence-corrected chi connectivity index (χ4v) is 2.51. The summed E-state index contributed by atoms with van der Waals surface area (Å²) in [6.45, 7) is 4.23. The maximum Gasteiger partial charge on any atom is 0.223 e. The van der Waals surface area contributed by atoms with Crippen LogP contribution in [0.15, 0.2) is 95.4 Å².